The van der Waals surface area contributed by atoms with Gasteiger partial charge in [0.2, 0.25) is 11.8 Å². The lowest BCUT2D eigenvalue weighted by Gasteiger charge is -2.23. The molecular formula is C20H25N3O2. The molecule has 2 aromatic heterocycles. The minimum Gasteiger partial charge on any atom is -0.474 e. The zero-order chi connectivity index (χ0) is 17.7. The van der Waals surface area contributed by atoms with E-state index in [2.05, 4.69) is 15.3 Å². The maximum Gasteiger partial charge on any atom is 0.231 e. The maximum absolute atomic E-state index is 12.5. The second-order valence-corrected chi connectivity index (χ2v) is 7.05. The van der Waals surface area contributed by atoms with Gasteiger partial charge in [-0.05, 0) is 57.2 Å². The predicted molar refractivity (Wildman–Crippen MR) is 96.2 cm³/mol. The molecule has 5 heteroatoms. The van der Waals surface area contributed by atoms with Gasteiger partial charge in [0.25, 0.3) is 0 Å². The first-order valence-electron chi connectivity index (χ1n) is 8.87. The zero-order valence-electron chi connectivity index (χ0n) is 14.9. The number of pyridine rings is 2. The second-order valence-electron chi connectivity index (χ2n) is 7.05. The Balaban J connectivity index is 1.55. The predicted octanol–water partition coefficient (Wildman–Crippen LogP) is 3.39. The monoisotopic (exact) mass is 339 g/mol. The molecule has 0 unspecified atom stereocenters. The fraction of sp³-hybridized carbons (Fsp3) is 0.450. The van der Waals surface area contributed by atoms with E-state index in [0.29, 0.717) is 18.5 Å². The Morgan fingerprint density at radius 1 is 1.20 bits per heavy atom. The molecule has 1 N–H and O–H groups in total. The van der Waals surface area contributed by atoms with E-state index in [9.17, 15) is 4.79 Å². The lowest BCUT2D eigenvalue weighted by molar-refractivity contribution is -0.125. The van der Waals surface area contributed by atoms with Crippen LogP contribution >= 0.6 is 0 Å². The van der Waals surface area contributed by atoms with Crippen LogP contribution in [0.1, 0.15) is 50.8 Å². The van der Waals surface area contributed by atoms with Gasteiger partial charge in [0.15, 0.2) is 0 Å². The molecule has 5 nitrogen and oxygen atoms in total. The molecule has 1 aliphatic rings. The molecule has 0 spiro atoms. The normalized spacial score (nSPS) is 15.1. The largest absolute Gasteiger partial charge is 0.474 e. The van der Waals surface area contributed by atoms with Crippen LogP contribution in [0.3, 0.4) is 0 Å². The minimum absolute atomic E-state index is 0.0579. The van der Waals surface area contributed by atoms with Gasteiger partial charge in [0.05, 0.1) is 11.1 Å². The molecule has 1 amide bonds. The summed E-state index contributed by atoms with van der Waals surface area (Å²) in [4.78, 5) is 21.2. The van der Waals surface area contributed by atoms with Gasteiger partial charge < -0.3 is 10.1 Å². The van der Waals surface area contributed by atoms with Gasteiger partial charge in [0, 0.05) is 25.0 Å². The van der Waals surface area contributed by atoms with Gasteiger partial charge in [-0.1, -0.05) is 12.1 Å². The van der Waals surface area contributed by atoms with Gasteiger partial charge in [0.1, 0.15) is 6.10 Å². The van der Waals surface area contributed by atoms with Gasteiger partial charge in [-0.3, -0.25) is 9.78 Å². The summed E-state index contributed by atoms with van der Waals surface area (Å²) < 4.78 is 5.86. The van der Waals surface area contributed by atoms with Crippen LogP contribution in [0.5, 0.6) is 5.88 Å². The van der Waals surface area contributed by atoms with Gasteiger partial charge in [-0.2, -0.15) is 0 Å². The molecule has 0 saturated heterocycles. The number of amides is 1. The highest BCUT2D eigenvalue weighted by Crippen LogP contribution is 2.23. The highest BCUT2D eigenvalue weighted by atomic mass is 16.5. The van der Waals surface area contributed by atoms with Crippen LogP contribution in [0.15, 0.2) is 42.7 Å². The van der Waals surface area contributed by atoms with Crippen molar-refractivity contribution >= 4 is 5.91 Å². The average molecular weight is 339 g/mol. The van der Waals surface area contributed by atoms with Crippen LogP contribution in [0.4, 0.5) is 0 Å². The Hall–Kier alpha value is -2.43. The van der Waals surface area contributed by atoms with Crippen molar-refractivity contribution in [3.05, 3.63) is 54.0 Å². The number of carbonyl (C=O) groups is 1. The molecule has 2 aromatic rings. The minimum atomic E-state index is -0.680. The molecule has 132 valence electrons. The molecule has 0 aliphatic heterocycles. The molecule has 0 bridgehead atoms. The van der Waals surface area contributed by atoms with Crippen LogP contribution in [-0.4, -0.2) is 22.0 Å². The Morgan fingerprint density at radius 2 is 2.00 bits per heavy atom. The molecule has 0 atom stereocenters. The Bertz CT molecular complexity index is 693. The molecule has 1 aliphatic carbocycles. The van der Waals surface area contributed by atoms with Crippen molar-refractivity contribution in [1.29, 1.82) is 0 Å². The first-order chi connectivity index (χ1) is 12.1. The van der Waals surface area contributed by atoms with E-state index in [0.717, 1.165) is 24.1 Å². The van der Waals surface area contributed by atoms with E-state index < -0.39 is 5.41 Å². The summed E-state index contributed by atoms with van der Waals surface area (Å²) in [5.41, 5.74) is 1.02. The number of nitrogens with zero attached hydrogens (tertiary/aromatic N) is 2. The van der Waals surface area contributed by atoms with Crippen molar-refractivity contribution in [2.75, 3.05) is 0 Å². The number of carbonyl (C=O) groups excluding carboxylic acids is 1. The third-order valence-corrected chi connectivity index (χ3v) is 4.71. The lowest BCUT2D eigenvalue weighted by Crippen LogP contribution is -2.40. The van der Waals surface area contributed by atoms with Crippen LogP contribution < -0.4 is 10.1 Å². The highest BCUT2D eigenvalue weighted by Gasteiger charge is 2.30. The molecule has 1 saturated carbocycles. The zero-order valence-corrected chi connectivity index (χ0v) is 14.9. The SMILES string of the molecule is CC(C)(C(=O)NCc1ccc(OC2CCCC2)nc1)c1ccccn1. The highest BCUT2D eigenvalue weighted by molar-refractivity contribution is 5.86. The topological polar surface area (TPSA) is 64.1 Å². The number of hydrogen-bond donors (Lipinski definition) is 1. The fourth-order valence-corrected chi connectivity index (χ4v) is 3.01. The van der Waals surface area contributed by atoms with E-state index >= 15 is 0 Å². The van der Waals surface area contributed by atoms with E-state index in [1.165, 1.54) is 12.8 Å². The van der Waals surface area contributed by atoms with E-state index in [4.69, 9.17) is 4.74 Å². The molecule has 2 heterocycles. The molecular weight excluding hydrogens is 314 g/mol. The van der Waals surface area contributed by atoms with Crippen LogP contribution in [0, 0.1) is 0 Å². The number of hydrogen-bond acceptors (Lipinski definition) is 4. The quantitative estimate of drug-likeness (QED) is 0.876. The van der Waals surface area contributed by atoms with Crippen molar-refractivity contribution in [3.8, 4) is 5.88 Å². The summed E-state index contributed by atoms with van der Waals surface area (Å²) >= 11 is 0. The van der Waals surface area contributed by atoms with Gasteiger partial charge in [-0.25, -0.2) is 4.98 Å². The number of rotatable bonds is 6. The Morgan fingerprint density at radius 3 is 2.64 bits per heavy atom. The van der Waals surface area contributed by atoms with Gasteiger partial charge in [-0.15, -0.1) is 0 Å². The molecule has 0 aromatic carbocycles. The van der Waals surface area contributed by atoms with Crippen LogP contribution in [0.2, 0.25) is 0 Å². The number of aromatic nitrogens is 2. The summed E-state index contributed by atoms with van der Waals surface area (Å²) in [6.07, 6.45) is 8.47. The second kappa shape index (κ2) is 7.64. The summed E-state index contributed by atoms with van der Waals surface area (Å²) in [6, 6.07) is 9.44. The van der Waals surface area contributed by atoms with Crippen molar-refractivity contribution in [2.45, 2.75) is 57.6 Å². The fourth-order valence-electron chi connectivity index (χ4n) is 3.01. The molecule has 1 fully saturated rings. The average Bonchev–Trinajstić information content (AvgIpc) is 3.14. The van der Waals surface area contributed by atoms with Crippen molar-refractivity contribution in [3.63, 3.8) is 0 Å². The third-order valence-electron chi connectivity index (χ3n) is 4.71. The Kier molecular flexibility index (Phi) is 5.31. The lowest BCUT2D eigenvalue weighted by atomic mass is 9.87. The van der Waals surface area contributed by atoms with Crippen LogP contribution in [-0.2, 0) is 16.8 Å². The number of ether oxygens (including phenoxy) is 1. The summed E-state index contributed by atoms with van der Waals surface area (Å²) in [6.45, 7) is 4.19. The summed E-state index contributed by atoms with van der Waals surface area (Å²) in [5, 5.41) is 2.97. The summed E-state index contributed by atoms with van der Waals surface area (Å²) in [7, 11) is 0. The number of nitrogens with one attached hydrogen (secondary N) is 1. The van der Waals surface area contributed by atoms with E-state index in [1.807, 2.05) is 44.2 Å². The summed E-state index contributed by atoms with van der Waals surface area (Å²) in [5.74, 6) is 0.605. The maximum atomic E-state index is 12.5. The Labute approximate surface area is 148 Å². The van der Waals surface area contributed by atoms with Crippen LogP contribution in [0.25, 0.3) is 0 Å². The van der Waals surface area contributed by atoms with Crippen molar-refractivity contribution < 1.29 is 9.53 Å². The smallest absolute Gasteiger partial charge is 0.231 e. The van der Waals surface area contributed by atoms with E-state index in [-0.39, 0.29) is 5.91 Å². The van der Waals surface area contributed by atoms with Crippen molar-refractivity contribution in [1.82, 2.24) is 15.3 Å². The van der Waals surface area contributed by atoms with E-state index in [1.54, 1.807) is 12.4 Å². The van der Waals surface area contributed by atoms with Gasteiger partial charge >= 0.3 is 0 Å². The molecule has 3 rings (SSSR count). The first-order valence-corrected chi connectivity index (χ1v) is 8.87. The standard InChI is InChI=1S/C20H25N3O2/c1-20(2,17-9-5-6-12-21-17)19(24)23-14-15-10-11-18(22-13-15)25-16-7-3-4-8-16/h5-6,9-13,16H,3-4,7-8,14H2,1-2H3,(H,23,24). The molecule has 0 radical (unpaired) electrons. The molecule has 25 heavy (non-hydrogen) atoms. The third kappa shape index (κ3) is 4.35. The first kappa shape index (κ1) is 17.4. The van der Waals surface area contributed by atoms with Crippen molar-refractivity contribution in [2.24, 2.45) is 0 Å².